The lowest BCUT2D eigenvalue weighted by atomic mass is 10.0. The largest absolute Gasteiger partial charge is 0.378 e. The molecule has 7 heteroatoms. The predicted octanol–water partition coefficient (Wildman–Crippen LogP) is 3.70. The smallest absolute Gasteiger partial charge is 0.252 e. The maximum Gasteiger partial charge on any atom is 0.252 e. The summed E-state index contributed by atoms with van der Waals surface area (Å²) in [5, 5.41) is 3.55. The number of nitrogens with zero attached hydrogens (tertiary/aromatic N) is 3. The third-order valence-corrected chi connectivity index (χ3v) is 6.47. The Hall–Kier alpha value is -3.03. The number of ether oxygens (including phenoxy) is 1. The fourth-order valence-electron chi connectivity index (χ4n) is 4.63. The molecule has 0 saturated carbocycles. The standard InChI is InChI=1S/C26H29FN4O2/c27-20-5-8-24-22(17-20)23(26(32)28-9-12-30-10-1-2-11-30)18-25(29-24)19-3-6-21(7-4-19)31-13-15-33-16-14-31/h3-8,17-18H,1-2,9-16H2,(H,28,32). The number of carbonyl (C=O) groups excluding carboxylic acids is 1. The minimum absolute atomic E-state index is 0.196. The Balaban J connectivity index is 1.40. The van der Waals surface area contributed by atoms with Crippen molar-refractivity contribution in [2.24, 2.45) is 0 Å². The van der Waals surface area contributed by atoms with E-state index in [1.54, 1.807) is 12.1 Å². The lowest BCUT2D eigenvalue weighted by Crippen LogP contribution is -2.36. The van der Waals surface area contributed by atoms with Crippen molar-refractivity contribution in [1.82, 2.24) is 15.2 Å². The van der Waals surface area contributed by atoms with Crippen molar-refractivity contribution >= 4 is 22.5 Å². The molecule has 0 unspecified atom stereocenters. The molecule has 33 heavy (non-hydrogen) atoms. The Kier molecular flexibility index (Phi) is 6.51. The van der Waals surface area contributed by atoms with E-state index >= 15 is 0 Å². The van der Waals surface area contributed by atoms with Crippen molar-refractivity contribution in [3.8, 4) is 11.3 Å². The van der Waals surface area contributed by atoms with E-state index in [4.69, 9.17) is 9.72 Å². The summed E-state index contributed by atoms with van der Waals surface area (Å²) in [6, 6.07) is 14.4. The van der Waals surface area contributed by atoms with Crippen LogP contribution in [0.3, 0.4) is 0 Å². The average Bonchev–Trinajstić information content (AvgIpc) is 3.37. The number of anilines is 1. The van der Waals surface area contributed by atoms with Gasteiger partial charge in [0.2, 0.25) is 0 Å². The topological polar surface area (TPSA) is 57.7 Å². The molecule has 1 aromatic heterocycles. The summed E-state index contributed by atoms with van der Waals surface area (Å²) in [4.78, 5) is 22.5. The van der Waals surface area contributed by atoms with Crippen LogP contribution in [0.15, 0.2) is 48.5 Å². The average molecular weight is 449 g/mol. The number of amides is 1. The first-order chi connectivity index (χ1) is 16.2. The number of rotatable bonds is 6. The Bertz CT molecular complexity index is 1120. The van der Waals surface area contributed by atoms with Gasteiger partial charge < -0.3 is 19.9 Å². The third kappa shape index (κ3) is 4.99. The molecule has 2 fully saturated rings. The van der Waals surface area contributed by atoms with E-state index in [9.17, 15) is 9.18 Å². The molecule has 0 bridgehead atoms. The van der Waals surface area contributed by atoms with Crippen LogP contribution in [0.4, 0.5) is 10.1 Å². The van der Waals surface area contributed by atoms with Gasteiger partial charge in [0, 0.05) is 42.8 Å². The molecular weight excluding hydrogens is 419 g/mol. The number of halogens is 1. The molecule has 0 aliphatic carbocycles. The first-order valence-electron chi connectivity index (χ1n) is 11.7. The first-order valence-corrected chi connectivity index (χ1v) is 11.7. The highest BCUT2D eigenvalue weighted by Gasteiger charge is 2.17. The van der Waals surface area contributed by atoms with E-state index < -0.39 is 0 Å². The molecule has 2 aliphatic rings. The van der Waals surface area contributed by atoms with Crippen molar-refractivity contribution in [3.63, 3.8) is 0 Å². The fraction of sp³-hybridized carbons (Fsp3) is 0.385. The van der Waals surface area contributed by atoms with Crippen LogP contribution < -0.4 is 10.2 Å². The highest BCUT2D eigenvalue weighted by atomic mass is 19.1. The van der Waals surface area contributed by atoms with E-state index in [1.165, 1.54) is 25.0 Å². The molecule has 1 N–H and O–H groups in total. The predicted molar refractivity (Wildman–Crippen MR) is 128 cm³/mol. The lowest BCUT2D eigenvalue weighted by Gasteiger charge is -2.28. The summed E-state index contributed by atoms with van der Waals surface area (Å²) < 4.78 is 19.4. The molecule has 0 spiro atoms. The second-order valence-electron chi connectivity index (χ2n) is 8.67. The van der Waals surface area contributed by atoms with Gasteiger partial charge in [0.25, 0.3) is 5.91 Å². The van der Waals surface area contributed by atoms with Crippen LogP contribution in [0.25, 0.3) is 22.2 Å². The molecule has 1 amide bonds. The summed E-state index contributed by atoms with van der Waals surface area (Å²) in [5.74, 6) is -0.573. The number of morpholine rings is 1. The fourth-order valence-corrected chi connectivity index (χ4v) is 4.63. The molecule has 5 rings (SSSR count). The van der Waals surface area contributed by atoms with Gasteiger partial charge in [-0.1, -0.05) is 12.1 Å². The van der Waals surface area contributed by atoms with Gasteiger partial charge in [-0.3, -0.25) is 4.79 Å². The Morgan fingerprint density at radius 1 is 1.00 bits per heavy atom. The van der Waals surface area contributed by atoms with Crippen molar-refractivity contribution < 1.29 is 13.9 Å². The van der Waals surface area contributed by atoms with Gasteiger partial charge in [-0.05, 0) is 62.3 Å². The van der Waals surface area contributed by atoms with E-state index in [1.807, 2.05) is 12.1 Å². The maximum absolute atomic E-state index is 14.0. The number of fused-ring (bicyclic) bond motifs is 1. The summed E-state index contributed by atoms with van der Waals surface area (Å²) in [6.07, 6.45) is 2.44. The second-order valence-corrected chi connectivity index (χ2v) is 8.67. The summed E-state index contributed by atoms with van der Waals surface area (Å²) in [5.41, 5.74) is 3.82. The molecule has 0 atom stereocenters. The van der Waals surface area contributed by atoms with E-state index in [0.29, 0.717) is 28.7 Å². The normalized spacial score (nSPS) is 16.9. The molecule has 3 aromatic rings. The summed E-state index contributed by atoms with van der Waals surface area (Å²) in [7, 11) is 0. The third-order valence-electron chi connectivity index (χ3n) is 6.47. The summed E-state index contributed by atoms with van der Waals surface area (Å²) >= 11 is 0. The zero-order valence-electron chi connectivity index (χ0n) is 18.7. The number of hydrogen-bond donors (Lipinski definition) is 1. The Morgan fingerprint density at radius 3 is 2.52 bits per heavy atom. The number of aromatic nitrogens is 1. The number of nitrogens with one attached hydrogen (secondary N) is 1. The van der Waals surface area contributed by atoms with Crippen molar-refractivity contribution in [3.05, 3.63) is 59.9 Å². The quantitative estimate of drug-likeness (QED) is 0.623. The molecule has 172 valence electrons. The van der Waals surface area contributed by atoms with Gasteiger partial charge in [-0.15, -0.1) is 0 Å². The van der Waals surface area contributed by atoms with Crippen LogP contribution in [0.1, 0.15) is 23.2 Å². The van der Waals surface area contributed by atoms with E-state index in [2.05, 4.69) is 27.2 Å². The lowest BCUT2D eigenvalue weighted by molar-refractivity contribution is 0.0951. The number of hydrogen-bond acceptors (Lipinski definition) is 5. The zero-order chi connectivity index (χ0) is 22.6. The van der Waals surface area contributed by atoms with Crippen LogP contribution in [0.2, 0.25) is 0 Å². The molecule has 2 aliphatic heterocycles. The minimum atomic E-state index is -0.377. The molecule has 0 radical (unpaired) electrons. The van der Waals surface area contributed by atoms with Gasteiger partial charge in [-0.25, -0.2) is 9.37 Å². The van der Waals surface area contributed by atoms with E-state index in [-0.39, 0.29) is 11.7 Å². The SMILES string of the molecule is O=C(NCCN1CCCC1)c1cc(-c2ccc(N3CCOCC3)cc2)nc2ccc(F)cc12. The van der Waals surface area contributed by atoms with Crippen LogP contribution >= 0.6 is 0 Å². The number of benzene rings is 2. The number of likely N-dealkylation sites (tertiary alicyclic amines) is 1. The highest BCUT2D eigenvalue weighted by Crippen LogP contribution is 2.27. The van der Waals surface area contributed by atoms with Crippen molar-refractivity contribution in [1.29, 1.82) is 0 Å². The second kappa shape index (κ2) is 9.85. The highest BCUT2D eigenvalue weighted by molar-refractivity contribution is 6.07. The van der Waals surface area contributed by atoms with Gasteiger partial charge in [0.15, 0.2) is 0 Å². The molecule has 6 nitrogen and oxygen atoms in total. The minimum Gasteiger partial charge on any atom is -0.378 e. The van der Waals surface area contributed by atoms with Gasteiger partial charge >= 0.3 is 0 Å². The molecular formula is C26H29FN4O2. The first kappa shape index (κ1) is 21.8. The molecule has 3 heterocycles. The van der Waals surface area contributed by atoms with Crippen LogP contribution in [0, 0.1) is 5.82 Å². The van der Waals surface area contributed by atoms with Crippen LogP contribution in [-0.4, -0.2) is 68.3 Å². The maximum atomic E-state index is 14.0. The number of pyridine rings is 1. The summed E-state index contributed by atoms with van der Waals surface area (Å²) in [6.45, 7) is 6.80. The van der Waals surface area contributed by atoms with Crippen molar-refractivity contribution in [2.75, 3.05) is 57.4 Å². The Labute approximate surface area is 193 Å². The van der Waals surface area contributed by atoms with Gasteiger partial charge in [0.1, 0.15) is 5.82 Å². The van der Waals surface area contributed by atoms with Crippen LogP contribution in [-0.2, 0) is 4.74 Å². The monoisotopic (exact) mass is 448 g/mol. The van der Waals surface area contributed by atoms with Gasteiger partial charge in [-0.2, -0.15) is 0 Å². The molecule has 2 saturated heterocycles. The number of carbonyl (C=O) groups is 1. The zero-order valence-corrected chi connectivity index (χ0v) is 18.7. The van der Waals surface area contributed by atoms with E-state index in [0.717, 1.165) is 57.2 Å². The molecule has 2 aromatic carbocycles. The van der Waals surface area contributed by atoms with Crippen LogP contribution in [0.5, 0.6) is 0 Å². The Morgan fingerprint density at radius 2 is 1.76 bits per heavy atom. The van der Waals surface area contributed by atoms with Gasteiger partial charge in [0.05, 0.1) is 30.0 Å². The van der Waals surface area contributed by atoms with Crippen molar-refractivity contribution in [2.45, 2.75) is 12.8 Å².